The van der Waals surface area contributed by atoms with Gasteiger partial charge in [0.05, 0.1) is 11.0 Å². The average molecular weight is 350 g/mol. The van der Waals surface area contributed by atoms with Crippen molar-refractivity contribution in [1.29, 1.82) is 0 Å². The third-order valence-electron chi connectivity index (χ3n) is 3.90. The van der Waals surface area contributed by atoms with Gasteiger partial charge in [0.2, 0.25) is 0 Å². The van der Waals surface area contributed by atoms with E-state index in [0.29, 0.717) is 17.9 Å². The molecule has 0 aromatic heterocycles. The molecular formula is C18H27N3O2S. The van der Waals surface area contributed by atoms with Crippen LogP contribution in [0.15, 0.2) is 23.2 Å². The smallest absolute Gasteiger partial charge is 0.269 e. The fourth-order valence-corrected chi connectivity index (χ4v) is 4.02. The molecule has 0 unspecified atom stereocenters. The van der Waals surface area contributed by atoms with Crippen molar-refractivity contribution in [3.63, 3.8) is 0 Å². The van der Waals surface area contributed by atoms with E-state index in [-0.39, 0.29) is 10.6 Å². The maximum Gasteiger partial charge on any atom is 0.269 e. The first-order valence-electron chi connectivity index (χ1n) is 8.51. The van der Waals surface area contributed by atoms with Gasteiger partial charge in [0.25, 0.3) is 5.69 Å². The number of aryl methyl sites for hydroxylation is 1. The Labute approximate surface area is 148 Å². The molecule has 0 saturated heterocycles. The molecule has 0 amide bonds. The molecule has 24 heavy (non-hydrogen) atoms. The Kier molecular flexibility index (Phi) is 6.27. The van der Waals surface area contributed by atoms with E-state index in [4.69, 9.17) is 4.99 Å². The number of aliphatic imine (C=N–C) groups is 1. The molecule has 0 saturated carbocycles. The minimum absolute atomic E-state index is 0.138. The number of nitrogens with zero attached hydrogens (tertiary/aromatic N) is 3. The quantitative estimate of drug-likeness (QED) is 0.542. The van der Waals surface area contributed by atoms with Crippen molar-refractivity contribution in [1.82, 2.24) is 0 Å². The lowest BCUT2D eigenvalue weighted by Crippen LogP contribution is -2.32. The minimum Gasteiger partial charge on any atom is -0.321 e. The molecule has 1 aliphatic heterocycles. The largest absolute Gasteiger partial charge is 0.321 e. The van der Waals surface area contributed by atoms with Gasteiger partial charge in [0.1, 0.15) is 0 Å². The van der Waals surface area contributed by atoms with E-state index >= 15 is 0 Å². The highest BCUT2D eigenvalue weighted by atomic mass is 32.2. The van der Waals surface area contributed by atoms with Crippen molar-refractivity contribution in [2.45, 2.75) is 47.1 Å². The molecule has 0 fully saturated rings. The van der Waals surface area contributed by atoms with Gasteiger partial charge in [-0.2, -0.15) is 0 Å². The summed E-state index contributed by atoms with van der Waals surface area (Å²) in [4.78, 5) is 17.8. The Balaban J connectivity index is 2.31. The minimum atomic E-state index is -0.343. The van der Waals surface area contributed by atoms with Crippen molar-refractivity contribution in [3.05, 3.63) is 33.9 Å². The molecule has 132 valence electrons. The van der Waals surface area contributed by atoms with E-state index in [1.165, 1.54) is 0 Å². The summed E-state index contributed by atoms with van der Waals surface area (Å²) in [6.07, 6.45) is 1.10. The van der Waals surface area contributed by atoms with Crippen LogP contribution in [0.3, 0.4) is 0 Å². The van der Waals surface area contributed by atoms with Gasteiger partial charge in [-0.3, -0.25) is 15.1 Å². The van der Waals surface area contributed by atoms with Crippen LogP contribution in [0.5, 0.6) is 0 Å². The standard InChI is InChI=1S/C18H27N3O2S/c1-12(2)8-15-11-24-18(19-15)20(10-13(3)4)17-7-6-16(21(22)23)9-14(17)5/h6-7,9,12-13,15H,8,10-11H2,1-5H3/t15-/m1/s1. The summed E-state index contributed by atoms with van der Waals surface area (Å²) in [6.45, 7) is 11.6. The second-order valence-corrected chi connectivity index (χ2v) is 8.23. The third-order valence-corrected chi connectivity index (χ3v) is 5.04. The highest BCUT2D eigenvalue weighted by molar-refractivity contribution is 8.14. The summed E-state index contributed by atoms with van der Waals surface area (Å²) in [5.74, 6) is 2.14. The Morgan fingerprint density at radius 3 is 2.58 bits per heavy atom. The lowest BCUT2D eigenvalue weighted by Gasteiger charge is -2.27. The molecule has 0 N–H and O–H groups in total. The van der Waals surface area contributed by atoms with Gasteiger partial charge in [-0.1, -0.05) is 39.5 Å². The molecule has 6 heteroatoms. The van der Waals surface area contributed by atoms with E-state index in [0.717, 1.165) is 35.1 Å². The van der Waals surface area contributed by atoms with Crippen LogP contribution in [0.2, 0.25) is 0 Å². The molecule has 0 radical (unpaired) electrons. The lowest BCUT2D eigenvalue weighted by atomic mass is 10.1. The summed E-state index contributed by atoms with van der Waals surface area (Å²) in [6, 6.07) is 5.46. The van der Waals surface area contributed by atoms with Crippen LogP contribution in [-0.2, 0) is 0 Å². The van der Waals surface area contributed by atoms with Crippen LogP contribution >= 0.6 is 11.8 Å². The molecule has 1 heterocycles. The van der Waals surface area contributed by atoms with E-state index < -0.39 is 0 Å². The molecule has 1 aromatic carbocycles. The van der Waals surface area contributed by atoms with Crippen LogP contribution in [0.4, 0.5) is 11.4 Å². The van der Waals surface area contributed by atoms with Gasteiger partial charge in [0, 0.05) is 30.1 Å². The van der Waals surface area contributed by atoms with Crippen LogP contribution < -0.4 is 4.90 Å². The van der Waals surface area contributed by atoms with Gasteiger partial charge in [-0.25, -0.2) is 0 Å². The third kappa shape index (κ3) is 4.72. The number of thioether (sulfide) groups is 1. The monoisotopic (exact) mass is 349 g/mol. The molecule has 1 aliphatic rings. The van der Waals surface area contributed by atoms with Crippen LogP contribution in [0.25, 0.3) is 0 Å². The van der Waals surface area contributed by atoms with Crippen molar-refractivity contribution >= 4 is 28.3 Å². The maximum absolute atomic E-state index is 11.0. The number of nitro benzene ring substituents is 1. The highest BCUT2D eigenvalue weighted by Crippen LogP contribution is 2.32. The summed E-state index contributed by atoms with van der Waals surface area (Å²) in [7, 11) is 0. The van der Waals surface area contributed by atoms with Crippen molar-refractivity contribution in [2.24, 2.45) is 16.8 Å². The SMILES string of the molecule is Cc1cc([N+](=O)[O-])ccc1N(CC(C)C)C1=N[C@H](CC(C)C)CS1. The number of amidine groups is 1. The topological polar surface area (TPSA) is 58.7 Å². The van der Waals surface area contributed by atoms with Gasteiger partial charge >= 0.3 is 0 Å². The zero-order valence-corrected chi connectivity index (χ0v) is 16.0. The first-order valence-corrected chi connectivity index (χ1v) is 9.49. The van der Waals surface area contributed by atoms with Crippen molar-refractivity contribution in [3.8, 4) is 0 Å². The predicted octanol–water partition coefficient (Wildman–Crippen LogP) is 4.88. The second-order valence-electron chi connectivity index (χ2n) is 7.24. The number of nitro groups is 1. The Morgan fingerprint density at radius 1 is 1.33 bits per heavy atom. The molecule has 1 atom stereocenters. The van der Waals surface area contributed by atoms with Crippen molar-refractivity contribution in [2.75, 3.05) is 17.2 Å². The zero-order chi connectivity index (χ0) is 17.9. The summed E-state index contributed by atoms with van der Waals surface area (Å²) >= 11 is 1.80. The fraction of sp³-hybridized carbons (Fsp3) is 0.611. The molecule has 0 bridgehead atoms. The number of hydrogen-bond donors (Lipinski definition) is 0. The summed E-state index contributed by atoms with van der Waals surface area (Å²) in [5, 5.41) is 12.0. The average Bonchev–Trinajstić information content (AvgIpc) is 2.92. The normalized spacial score (nSPS) is 17.5. The van der Waals surface area contributed by atoms with Gasteiger partial charge in [-0.15, -0.1) is 0 Å². The molecule has 2 rings (SSSR count). The molecular weight excluding hydrogens is 322 g/mol. The first-order chi connectivity index (χ1) is 11.3. The predicted molar refractivity (Wildman–Crippen MR) is 103 cm³/mol. The van der Waals surface area contributed by atoms with Crippen LogP contribution in [-0.4, -0.2) is 28.4 Å². The van der Waals surface area contributed by atoms with E-state index in [1.54, 1.807) is 23.9 Å². The van der Waals surface area contributed by atoms with Crippen LogP contribution in [0.1, 0.15) is 39.7 Å². The van der Waals surface area contributed by atoms with Crippen LogP contribution in [0, 0.1) is 28.9 Å². The van der Waals surface area contributed by atoms with E-state index in [1.807, 2.05) is 13.0 Å². The molecule has 0 aliphatic carbocycles. The number of anilines is 1. The maximum atomic E-state index is 11.0. The molecule has 1 aromatic rings. The Morgan fingerprint density at radius 2 is 2.04 bits per heavy atom. The van der Waals surface area contributed by atoms with Gasteiger partial charge in [-0.05, 0) is 36.8 Å². The van der Waals surface area contributed by atoms with E-state index in [2.05, 4.69) is 32.6 Å². The molecule has 0 spiro atoms. The van der Waals surface area contributed by atoms with Gasteiger partial charge < -0.3 is 4.90 Å². The molecule has 5 nitrogen and oxygen atoms in total. The number of benzene rings is 1. The number of non-ortho nitro benzene ring substituents is 1. The Hall–Kier alpha value is -1.56. The summed E-state index contributed by atoms with van der Waals surface area (Å²) < 4.78 is 0. The first kappa shape index (κ1) is 18.8. The lowest BCUT2D eigenvalue weighted by molar-refractivity contribution is -0.384. The fourth-order valence-electron chi connectivity index (χ4n) is 2.91. The van der Waals surface area contributed by atoms with E-state index in [9.17, 15) is 10.1 Å². The van der Waals surface area contributed by atoms with Gasteiger partial charge in [0.15, 0.2) is 5.17 Å². The number of rotatable bonds is 6. The second kappa shape index (κ2) is 8.01. The zero-order valence-electron chi connectivity index (χ0n) is 15.2. The van der Waals surface area contributed by atoms with Crippen molar-refractivity contribution < 1.29 is 4.92 Å². The Bertz CT molecular complexity index is 629. The number of hydrogen-bond acceptors (Lipinski definition) is 5. The highest BCUT2D eigenvalue weighted by Gasteiger charge is 2.26. The summed E-state index contributed by atoms with van der Waals surface area (Å²) in [5.41, 5.74) is 2.07.